The first kappa shape index (κ1) is 18.3. The van der Waals surface area contributed by atoms with Crippen molar-refractivity contribution in [3.05, 3.63) is 41.3 Å². The Labute approximate surface area is 164 Å². The average molecular weight is 403 g/mol. The van der Waals surface area contributed by atoms with Crippen LogP contribution in [-0.4, -0.2) is 23.7 Å². The minimum absolute atomic E-state index is 0.377. The Morgan fingerprint density at radius 3 is 2.74 bits per heavy atom. The number of aromatic nitrogens is 3. The highest BCUT2D eigenvalue weighted by Crippen LogP contribution is 2.39. The molecule has 142 valence electrons. The van der Waals surface area contributed by atoms with Crippen LogP contribution < -0.4 is 5.32 Å². The summed E-state index contributed by atoms with van der Waals surface area (Å²) in [5.74, 6) is 1.14. The maximum Gasteiger partial charge on any atom is 0.204 e. The number of hydrogen-bond acceptors (Lipinski definition) is 5. The van der Waals surface area contributed by atoms with Gasteiger partial charge in [-0.3, -0.25) is 0 Å². The van der Waals surface area contributed by atoms with Crippen molar-refractivity contribution in [2.45, 2.75) is 49.8 Å². The molecule has 8 heteroatoms. The smallest absolute Gasteiger partial charge is 0.204 e. The Hall–Kier alpha value is -2.03. The van der Waals surface area contributed by atoms with Gasteiger partial charge in [-0.25, -0.2) is 14.2 Å². The number of H-pyrrole nitrogens is 1. The first-order chi connectivity index (χ1) is 13.1. The molecular weight excluding hydrogens is 380 g/mol. The average Bonchev–Trinajstić information content (AvgIpc) is 3.32. The number of nitrogens with one attached hydrogen (secondary N) is 2. The zero-order chi connectivity index (χ0) is 18.8. The predicted molar refractivity (Wildman–Crippen MR) is 109 cm³/mol. The van der Waals surface area contributed by atoms with Crippen molar-refractivity contribution in [2.75, 3.05) is 5.32 Å². The molecule has 3 aromatic rings. The van der Waals surface area contributed by atoms with E-state index in [0.29, 0.717) is 22.4 Å². The highest BCUT2D eigenvalue weighted by molar-refractivity contribution is 7.79. The number of nitrogens with zero attached hydrogens (tertiary/aromatic N) is 2. The fourth-order valence-corrected chi connectivity index (χ4v) is 5.30. The molecule has 2 heterocycles. The Bertz CT molecular complexity index is 960. The first-order valence-electron chi connectivity index (χ1n) is 9.10. The van der Waals surface area contributed by atoms with Crippen molar-refractivity contribution in [1.29, 1.82) is 0 Å². The maximum absolute atomic E-state index is 12.0. The van der Waals surface area contributed by atoms with Crippen molar-refractivity contribution in [3.8, 4) is 10.4 Å². The highest BCUT2D eigenvalue weighted by Gasteiger charge is 2.20. The van der Waals surface area contributed by atoms with Gasteiger partial charge in [-0.05, 0) is 31.9 Å². The Morgan fingerprint density at radius 1 is 1.22 bits per heavy atom. The number of thiazole rings is 1. The number of aryl methyl sites for hydroxylation is 1. The Kier molecular flexibility index (Phi) is 5.38. The second kappa shape index (κ2) is 7.92. The van der Waals surface area contributed by atoms with Crippen LogP contribution in [0, 0.1) is 6.92 Å². The maximum atomic E-state index is 12.0. The molecule has 0 bridgehead atoms. The molecule has 4 rings (SSSR count). The monoisotopic (exact) mass is 402 g/mol. The molecule has 1 unspecified atom stereocenters. The lowest BCUT2D eigenvalue weighted by Crippen LogP contribution is -2.03. The van der Waals surface area contributed by atoms with Crippen molar-refractivity contribution >= 4 is 34.1 Å². The van der Waals surface area contributed by atoms with Crippen LogP contribution in [0.2, 0.25) is 0 Å². The summed E-state index contributed by atoms with van der Waals surface area (Å²) >= 11 is -0.450. The Morgan fingerprint density at radius 2 is 2.04 bits per heavy atom. The SMILES string of the molecule is Cc1cnc(Nc2ccc(-c3cnc(C4CCCCC4)s3)c(S(=O)O)c2)[nH]1. The number of aromatic amines is 1. The van der Waals surface area contributed by atoms with E-state index in [2.05, 4.69) is 20.3 Å². The molecule has 0 radical (unpaired) electrons. The molecule has 1 saturated carbocycles. The van der Waals surface area contributed by atoms with Gasteiger partial charge in [-0.2, -0.15) is 0 Å². The van der Waals surface area contributed by atoms with Crippen molar-refractivity contribution in [1.82, 2.24) is 15.0 Å². The van der Waals surface area contributed by atoms with Gasteiger partial charge in [0.15, 0.2) is 11.1 Å². The largest absolute Gasteiger partial charge is 0.328 e. The summed E-state index contributed by atoms with van der Waals surface area (Å²) < 4.78 is 21.8. The molecule has 1 atom stereocenters. The molecule has 3 N–H and O–H groups in total. The van der Waals surface area contributed by atoms with Gasteiger partial charge in [-0.15, -0.1) is 11.3 Å². The highest BCUT2D eigenvalue weighted by atomic mass is 32.2. The van der Waals surface area contributed by atoms with Crippen molar-refractivity contribution in [2.24, 2.45) is 0 Å². The first-order valence-corrected chi connectivity index (χ1v) is 11.0. The summed E-state index contributed by atoms with van der Waals surface area (Å²) in [7, 11) is 0. The zero-order valence-electron chi connectivity index (χ0n) is 15.1. The summed E-state index contributed by atoms with van der Waals surface area (Å²) in [6.07, 6.45) is 9.78. The van der Waals surface area contributed by atoms with E-state index < -0.39 is 11.1 Å². The second-order valence-electron chi connectivity index (χ2n) is 6.90. The third-order valence-electron chi connectivity index (χ3n) is 4.88. The molecule has 1 aromatic carbocycles. The van der Waals surface area contributed by atoms with Crippen LogP contribution in [0.1, 0.15) is 48.7 Å². The number of imidazole rings is 1. The van der Waals surface area contributed by atoms with Crippen molar-refractivity contribution in [3.63, 3.8) is 0 Å². The van der Waals surface area contributed by atoms with Gasteiger partial charge in [0.1, 0.15) is 0 Å². The third-order valence-corrected chi connectivity index (χ3v) is 6.79. The van der Waals surface area contributed by atoms with Crippen LogP contribution in [0.4, 0.5) is 11.6 Å². The van der Waals surface area contributed by atoms with E-state index in [1.165, 1.54) is 32.1 Å². The molecule has 0 amide bonds. The lowest BCUT2D eigenvalue weighted by Gasteiger charge is -2.18. The molecule has 1 fully saturated rings. The van der Waals surface area contributed by atoms with Crippen LogP contribution in [0.15, 0.2) is 35.5 Å². The van der Waals surface area contributed by atoms with Crippen LogP contribution in [0.5, 0.6) is 0 Å². The molecular formula is C19H22N4O2S2. The lowest BCUT2D eigenvalue weighted by molar-refractivity contribution is 0.442. The van der Waals surface area contributed by atoms with Crippen LogP contribution in [0.25, 0.3) is 10.4 Å². The summed E-state index contributed by atoms with van der Waals surface area (Å²) in [6, 6.07) is 5.46. The van der Waals surface area contributed by atoms with Gasteiger partial charge in [0, 0.05) is 35.3 Å². The fraction of sp³-hybridized carbons (Fsp3) is 0.368. The number of hydrogen-bond donors (Lipinski definition) is 3. The van der Waals surface area contributed by atoms with E-state index >= 15 is 0 Å². The summed E-state index contributed by atoms with van der Waals surface area (Å²) in [5.41, 5.74) is 2.42. The van der Waals surface area contributed by atoms with Crippen molar-refractivity contribution < 1.29 is 8.76 Å². The van der Waals surface area contributed by atoms with Crippen LogP contribution >= 0.6 is 11.3 Å². The van der Waals surface area contributed by atoms with E-state index in [1.807, 2.05) is 25.3 Å². The van der Waals surface area contributed by atoms with E-state index in [-0.39, 0.29) is 0 Å². The third kappa shape index (κ3) is 4.12. The molecule has 6 nitrogen and oxygen atoms in total. The summed E-state index contributed by atoms with van der Waals surface area (Å²) in [4.78, 5) is 13.2. The second-order valence-corrected chi connectivity index (χ2v) is 8.90. The Balaban J connectivity index is 1.62. The number of benzene rings is 1. The topological polar surface area (TPSA) is 90.9 Å². The molecule has 0 spiro atoms. The fourth-order valence-electron chi connectivity index (χ4n) is 3.51. The minimum atomic E-state index is -2.09. The molecule has 0 aliphatic heterocycles. The van der Waals surface area contributed by atoms with E-state index in [0.717, 1.165) is 21.1 Å². The lowest BCUT2D eigenvalue weighted by atomic mass is 9.90. The molecule has 1 aliphatic rings. The van der Waals surface area contributed by atoms with Gasteiger partial charge in [0.25, 0.3) is 0 Å². The minimum Gasteiger partial charge on any atom is -0.328 e. The molecule has 0 saturated heterocycles. The van der Waals surface area contributed by atoms with E-state index in [1.54, 1.807) is 23.6 Å². The zero-order valence-corrected chi connectivity index (χ0v) is 16.7. The quantitative estimate of drug-likeness (QED) is 0.509. The van der Waals surface area contributed by atoms with Gasteiger partial charge in [0.2, 0.25) is 5.95 Å². The number of anilines is 2. The normalized spacial score (nSPS) is 16.4. The summed E-state index contributed by atoms with van der Waals surface area (Å²) in [6.45, 7) is 1.92. The molecule has 27 heavy (non-hydrogen) atoms. The van der Waals surface area contributed by atoms with Gasteiger partial charge >= 0.3 is 0 Å². The van der Waals surface area contributed by atoms with E-state index in [4.69, 9.17) is 0 Å². The van der Waals surface area contributed by atoms with Gasteiger partial charge in [-0.1, -0.05) is 25.3 Å². The van der Waals surface area contributed by atoms with Crippen LogP contribution in [0.3, 0.4) is 0 Å². The summed E-state index contributed by atoms with van der Waals surface area (Å²) in [5, 5.41) is 4.28. The molecule has 2 aromatic heterocycles. The standard InChI is InChI=1S/C19H22N4O2S2/c1-12-10-21-19(22-12)23-14-7-8-15(17(9-14)27(24)25)16-11-20-18(26-16)13-5-3-2-4-6-13/h7-11,13H,2-6H2,1H3,(H,24,25)(H2,21,22,23). The van der Waals surface area contributed by atoms with Crippen LogP contribution in [-0.2, 0) is 11.1 Å². The number of rotatable bonds is 5. The van der Waals surface area contributed by atoms with Gasteiger partial charge in [0.05, 0.1) is 14.8 Å². The molecule has 1 aliphatic carbocycles. The van der Waals surface area contributed by atoms with E-state index in [9.17, 15) is 8.76 Å². The predicted octanol–water partition coefficient (Wildman–Crippen LogP) is 5.21. The van der Waals surface area contributed by atoms with Gasteiger partial charge < -0.3 is 14.9 Å².